The minimum atomic E-state index is 1.09. The molecular weight excluding hydrogens is 701 g/mol. The SMILES string of the molecule is c1cc(-c2ccc3ccccc3c2)cc(N(c2ccc(-c3ccc4ccccc4c3)cc2)c2ccccc2-c2cccc(-n3c4ccccc4c4ccccc43)c2)c1. The highest BCUT2D eigenvalue weighted by molar-refractivity contribution is 6.09. The highest BCUT2D eigenvalue weighted by Crippen LogP contribution is 2.43. The minimum absolute atomic E-state index is 1.09. The molecule has 0 saturated heterocycles. The van der Waals surface area contributed by atoms with E-state index in [1.54, 1.807) is 0 Å². The quantitative estimate of drug-likeness (QED) is 0.158. The largest absolute Gasteiger partial charge is 0.310 e. The van der Waals surface area contributed by atoms with E-state index in [-0.39, 0.29) is 0 Å². The van der Waals surface area contributed by atoms with Crippen LogP contribution in [0.5, 0.6) is 0 Å². The average molecular weight is 739 g/mol. The van der Waals surface area contributed by atoms with Gasteiger partial charge in [-0.05, 0) is 116 Å². The second-order valence-corrected chi connectivity index (χ2v) is 15.0. The van der Waals surface area contributed by atoms with Gasteiger partial charge in [0.15, 0.2) is 0 Å². The highest BCUT2D eigenvalue weighted by Gasteiger charge is 2.19. The van der Waals surface area contributed by atoms with Crippen molar-refractivity contribution in [2.45, 2.75) is 0 Å². The van der Waals surface area contributed by atoms with Crippen LogP contribution in [0.2, 0.25) is 0 Å². The summed E-state index contributed by atoms with van der Waals surface area (Å²) in [6.07, 6.45) is 0. The lowest BCUT2D eigenvalue weighted by molar-refractivity contribution is 1.18. The van der Waals surface area contributed by atoms with Gasteiger partial charge in [-0.25, -0.2) is 0 Å². The predicted octanol–water partition coefficient (Wildman–Crippen LogP) is 15.6. The zero-order chi connectivity index (χ0) is 38.4. The molecule has 0 atom stereocenters. The summed E-state index contributed by atoms with van der Waals surface area (Å²) >= 11 is 0. The van der Waals surface area contributed by atoms with Crippen LogP contribution in [0.15, 0.2) is 231 Å². The van der Waals surface area contributed by atoms with E-state index in [9.17, 15) is 0 Å². The summed E-state index contributed by atoms with van der Waals surface area (Å²) in [5.74, 6) is 0. The third kappa shape index (κ3) is 5.91. The Morgan fingerprint density at radius 2 is 0.810 bits per heavy atom. The van der Waals surface area contributed by atoms with Crippen molar-refractivity contribution in [1.29, 1.82) is 0 Å². The van der Waals surface area contributed by atoms with Crippen LogP contribution in [-0.4, -0.2) is 4.57 Å². The smallest absolute Gasteiger partial charge is 0.0541 e. The molecule has 272 valence electrons. The molecule has 0 aliphatic rings. The van der Waals surface area contributed by atoms with Gasteiger partial charge in [0.2, 0.25) is 0 Å². The third-order valence-corrected chi connectivity index (χ3v) is 11.5. The molecule has 10 aromatic carbocycles. The number of anilines is 3. The van der Waals surface area contributed by atoms with Gasteiger partial charge in [0.25, 0.3) is 0 Å². The van der Waals surface area contributed by atoms with Crippen molar-refractivity contribution in [2.75, 3.05) is 4.90 Å². The fourth-order valence-corrected chi connectivity index (χ4v) is 8.72. The first-order chi connectivity index (χ1) is 28.7. The Morgan fingerprint density at radius 3 is 1.50 bits per heavy atom. The zero-order valence-corrected chi connectivity index (χ0v) is 31.8. The van der Waals surface area contributed by atoms with Gasteiger partial charge >= 0.3 is 0 Å². The van der Waals surface area contributed by atoms with Crippen molar-refractivity contribution in [3.05, 3.63) is 231 Å². The number of benzene rings is 10. The van der Waals surface area contributed by atoms with Crippen molar-refractivity contribution in [3.8, 4) is 39.1 Å². The molecule has 0 fully saturated rings. The Balaban J connectivity index is 1.06. The molecule has 0 unspecified atom stereocenters. The number of nitrogens with zero attached hydrogens (tertiary/aromatic N) is 2. The molecule has 2 nitrogen and oxygen atoms in total. The molecule has 0 aliphatic carbocycles. The number of fused-ring (bicyclic) bond motifs is 5. The maximum Gasteiger partial charge on any atom is 0.0541 e. The summed E-state index contributed by atoms with van der Waals surface area (Å²) in [5.41, 5.74) is 13.9. The van der Waals surface area contributed by atoms with Crippen LogP contribution in [0.1, 0.15) is 0 Å². The molecule has 58 heavy (non-hydrogen) atoms. The van der Waals surface area contributed by atoms with Crippen LogP contribution < -0.4 is 4.90 Å². The van der Waals surface area contributed by atoms with E-state index >= 15 is 0 Å². The molecule has 0 radical (unpaired) electrons. The topological polar surface area (TPSA) is 8.17 Å². The molecule has 0 aliphatic heterocycles. The van der Waals surface area contributed by atoms with Gasteiger partial charge in [-0.3, -0.25) is 0 Å². The molecule has 1 heterocycles. The molecule has 11 aromatic rings. The highest BCUT2D eigenvalue weighted by atomic mass is 15.1. The number of para-hydroxylation sites is 3. The first-order valence-corrected chi connectivity index (χ1v) is 19.9. The second-order valence-electron chi connectivity index (χ2n) is 15.0. The Labute approximate surface area is 338 Å². The Bertz CT molecular complexity index is 3240. The first-order valence-electron chi connectivity index (χ1n) is 19.9. The van der Waals surface area contributed by atoms with Crippen molar-refractivity contribution >= 4 is 60.4 Å². The van der Waals surface area contributed by atoms with Crippen molar-refractivity contribution in [2.24, 2.45) is 0 Å². The van der Waals surface area contributed by atoms with E-state index in [4.69, 9.17) is 0 Å². The summed E-state index contributed by atoms with van der Waals surface area (Å²) in [4.78, 5) is 2.41. The monoisotopic (exact) mass is 738 g/mol. The summed E-state index contributed by atoms with van der Waals surface area (Å²) < 4.78 is 2.40. The molecule has 0 bridgehead atoms. The van der Waals surface area contributed by atoms with Crippen LogP contribution in [0, 0.1) is 0 Å². The lowest BCUT2D eigenvalue weighted by Gasteiger charge is -2.28. The molecule has 2 heteroatoms. The molecular formula is C56H38N2. The van der Waals surface area contributed by atoms with Crippen LogP contribution in [-0.2, 0) is 0 Å². The van der Waals surface area contributed by atoms with Gasteiger partial charge in [0, 0.05) is 33.4 Å². The van der Waals surface area contributed by atoms with Gasteiger partial charge in [-0.15, -0.1) is 0 Å². The molecule has 0 spiro atoms. The fourth-order valence-electron chi connectivity index (χ4n) is 8.72. The van der Waals surface area contributed by atoms with Gasteiger partial charge in [-0.2, -0.15) is 0 Å². The number of hydrogen-bond donors (Lipinski definition) is 0. The van der Waals surface area contributed by atoms with E-state index in [1.807, 2.05) is 0 Å². The van der Waals surface area contributed by atoms with Crippen molar-refractivity contribution < 1.29 is 0 Å². The van der Waals surface area contributed by atoms with Crippen LogP contribution >= 0.6 is 0 Å². The lowest BCUT2D eigenvalue weighted by Crippen LogP contribution is -2.11. The normalized spacial score (nSPS) is 11.4. The van der Waals surface area contributed by atoms with E-state index < -0.39 is 0 Å². The summed E-state index contributed by atoms with van der Waals surface area (Å²) in [7, 11) is 0. The van der Waals surface area contributed by atoms with Gasteiger partial charge < -0.3 is 9.47 Å². The fraction of sp³-hybridized carbons (Fsp3) is 0. The van der Waals surface area contributed by atoms with E-state index in [0.29, 0.717) is 0 Å². The lowest BCUT2D eigenvalue weighted by atomic mass is 9.98. The predicted molar refractivity (Wildman–Crippen MR) is 247 cm³/mol. The number of hydrogen-bond acceptors (Lipinski definition) is 1. The minimum Gasteiger partial charge on any atom is -0.310 e. The Morgan fingerprint density at radius 1 is 0.293 bits per heavy atom. The van der Waals surface area contributed by atoms with E-state index in [2.05, 4.69) is 240 Å². The maximum atomic E-state index is 2.41. The zero-order valence-electron chi connectivity index (χ0n) is 31.8. The van der Waals surface area contributed by atoms with E-state index in [1.165, 1.54) is 65.6 Å². The van der Waals surface area contributed by atoms with Gasteiger partial charge in [0.1, 0.15) is 0 Å². The first kappa shape index (κ1) is 33.6. The van der Waals surface area contributed by atoms with Gasteiger partial charge in [-0.1, -0.05) is 164 Å². The van der Waals surface area contributed by atoms with Gasteiger partial charge in [0.05, 0.1) is 16.7 Å². The molecule has 11 rings (SSSR count). The van der Waals surface area contributed by atoms with Crippen LogP contribution in [0.25, 0.3) is 82.4 Å². The van der Waals surface area contributed by atoms with Crippen LogP contribution in [0.3, 0.4) is 0 Å². The molecule has 0 saturated carbocycles. The standard InChI is InChI=1S/C56H38N2/c1-3-15-42-35-45(29-27-39(42)13-1)41-31-33-48(34-32-41)57(49-19-11-17-44(37-49)46-30-28-40-14-2-4-16-43(40)36-46)54-24-8-5-21-51(54)47-18-12-20-50(38-47)58-55-25-9-6-22-52(55)53-23-7-10-26-56(53)58/h1-38H. The molecule has 1 aromatic heterocycles. The molecule has 0 amide bonds. The summed E-state index contributed by atoms with van der Waals surface area (Å²) in [6.45, 7) is 0. The number of rotatable bonds is 7. The van der Waals surface area contributed by atoms with Crippen molar-refractivity contribution in [1.82, 2.24) is 4.57 Å². The Kier molecular flexibility index (Phi) is 8.19. The number of aromatic nitrogens is 1. The summed E-state index contributed by atoms with van der Waals surface area (Å²) in [5, 5.41) is 7.49. The van der Waals surface area contributed by atoms with E-state index in [0.717, 1.165) is 33.9 Å². The third-order valence-electron chi connectivity index (χ3n) is 11.5. The van der Waals surface area contributed by atoms with Crippen molar-refractivity contribution in [3.63, 3.8) is 0 Å². The average Bonchev–Trinajstić information content (AvgIpc) is 3.64. The summed E-state index contributed by atoms with van der Waals surface area (Å²) in [6, 6.07) is 83.8. The second kappa shape index (κ2) is 14.1. The van der Waals surface area contributed by atoms with Crippen LogP contribution in [0.4, 0.5) is 17.1 Å². The molecule has 0 N–H and O–H groups in total. The Hall–Kier alpha value is -7.68. The maximum absolute atomic E-state index is 2.41.